The normalized spacial score (nSPS) is 19.4. The van der Waals surface area contributed by atoms with Crippen LogP contribution in [0.25, 0.3) is 39.7 Å². The van der Waals surface area contributed by atoms with Gasteiger partial charge in [0.05, 0.1) is 22.5 Å². The average Bonchev–Trinajstić information content (AvgIpc) is 4.17. The Kier molecular flexibility index (Phi) is 13.1. The molecule has 4 aliphatic rings. The number of fused-ring (bicyclic) bond motifs is 5. The van der Waals surface area contributed by atoms with Gasteiger partial charge in [-0.1, -0.05) is 121 Å². The van der Waals surface area contributed by atoms with Crippen LogP contribution < -0.4 is 14.7 Å². The van der Waals surface area contributed by atoms with Crippen molar-refractivity contribution in [2.75, 3.05) is 27.8 Å². The largest absolute Gasteiger partial charge is 0.477 e. The summed E-state index contributed by atoms with van der Waals surface area (Å²) >= 11 is 0. The molecular formula is C58H62N4O5. The number of hydrogen-bond acceptors (Lipinski definition) is 6. The lowest BCUT2D eigenvalue weighted by Crippen LogP contribution is -2.34. The Morgan fingerprint density at radius 2 is 1.33 bits per heavy atom. The van der Waals surface area contributed by atoms with Crippen molar-refractivity contribution in [3.05, 3.63) is 125 Å². The van der Waals surface area contributed by atoms with Gasteiger partial charge in [0.25, 0.3) is 11.8 Å². The molecule has 1 aromatic heterocycles. The number of carboxylic acid groups (broad SMARTS) is 1. The molecule has 5 aromatic rings. The van der Waals surface area contributed by atoms with Crippen molar-refractivity contribution >= 4 is 57.8 Å². The summed E-state index contributed by atoms with van der Waals surface area (Å²) in [5, 5.41) is 18.8. The topological polar surface area (TPSA) is 118 Å². The quantitative estimate of drug-likeness (QED) is 0.0729. The number of anilines is 4. The molecule has 0 radical (unpaired) electrons. The van der Waals surface area contributed by atoms with E-state index in [1.807, 2.05) is 28.0 Å². The second kappa shape index (κ2) is 19.3. The molecule has 4 unspecified atom stereocenters. The number of aryl methyl sites for hydroxylation is 1. The monoisotopic (exact) mass is 894 g/mol. The van der Waals surface area contributed by atoms with E-state index in [9.17, 15) is 15.2 Å². The average molecular weight is 895 g/mol. The Morgan fingerprint density at radius 1 is 0.746 bits per heavy atom. The van der Waals surface area contributed by atoms with Gasteiger partial charge in [0, 0.05) is 59.2 Å². The number of carbonyl (C=O) groups is 3. The molecule has 9 heteroatoms. The smallest absolute Gasteiger partial charge is 0.346 e. The van der Waals surface area contributed by atoms with E-state index >= 15 is 9.59 Å². The zero-order valence-corrected chi connectivity index (χ0v) is 39.6. The third-order valence-electron chi connectivity index (χ3n) is 14.9. The maximum atomic E-state index is 15.3. The fraction of sp³-hybridized carbons (Fsp3) is 0.379. The van der Waals surface area contributed by atoms with E-state index in [2.05, 4.69) is 100 Å². The zero-order valence-electron chi connectivity index (χ0n) is 39.6. The van der Waals surface area contributed by atoms with Crippen LogP contribution in [0.4, 0.5) is 22.7 Å². The molecule has 0 spiro atoms. The first-order valence-corrected chi connectivity index (χ1v) is 24.7. The summed E-state index contributed by atoms with van der Waals surface area (Å²) in [7, 11) is 0. The van der Waals surface area contributed by atoms with Crippen LogP contribution >= 0.6 is 0 Å². The highest BCUT2D eigenvalue weighted by molar-refractivity contribution is 6.50. The van der Waals surface area contributed by atoms with Crippen molar-refractivity contribution < 1.29 is 23.9 Å². The van der Waals surface area contributed by atoms with Crippen LogP contribution in [0.3, 0.4) is 0 Å². The Hall–Kier alpha value is -6.66. The first-order valence-electron chi connectivity index (χ1n) is 24.7. The van der Waals surface area contributed by atoms with Crippen molar-refractivity contribution in [1.29, 1.82) is 5.26 Å². The van der Waals surface area contributed by atoms with Gasteiger partial charge < -0.3 is 24.2 Å². The maximum Gasteiger partial charge on any atom is 0.346 e. The van der Waals surface area contributed by atoms with Crippen LogP contribution in [0.5, 0.6) is 0 Å². The first kappa shape index (κ1) is 45.5. The number of unbranched alkanes of at least 4 members (excludes halogenated alkanes) is 2. The number of benzene rings is 4. The third-order valence-corrected chi connectivity index (χ3v) is 14.9. The minimum absolute atomic E-state index is 0.133. The second-order valence-corrected chi connectivity index (χ2v) is 19.1. The van der Waals surface area contributed by atoms with Crippen molar-refractivity contribution in [1.82, 2.24) is 0 Å². The molecule has 4 atom stereocenters. The van der Waals surface area contributed by atoms with Crippen LogP contribution in [0, 0.1) is 30.1 Å². The van der Waals surface area contributed by atoms with Crippen molar-refractivity contribution in [2.24, 2.45) is 11.8 Å². The number of amides is 2. The Labute approximate surface area is 395 Å². The molecule has 9 rings (SSSR count). The number of nitrogens with zero attached hydrogens (tertiary/aromatic N) is 4. The van der Waals surface area contributed by atoms with E-state index in [1.54, 1.807) is 18.2 Å². The highest BCUT2D eigenvalue weighted by Gasteiger charge is 2.45. The van der Waals surface area contributed by atoms with Crippen LogP contribution in [0.2, 0.25) is 0 Å². The Bertz CT molecular complexity index is 2830. The summed E-state index contributed by atoms with van der Waals surface area (Å²) in [6.45, 7) is 12.0. The van der Waals surface area contributed by atoms with Gasteiger partial charge in [-0.05, 0) is 110 Å². The zero-order chi connectivity index (χ0) is 46.9. The van der Waals surface area contributed by atoms with E-state index < -0.39 is 11.5 Å². The lowest BCUT2D eigenvalue weighted by molar-refractivity contribution is -0.132. The van der Waals surface area contributed by atoms with Gasteiger partial charge in [-0.3, -0.25) is 9.59 Å². The molecule has 1 saturated carbocycles. The van der Waals surface area contributed by atoms with Crippen LogP contribution in [-0.4, -0.2) is 42.0 Å². The molecule has 4 heterocycles. The highest BCUT2D eigenvalue weighted by atomic mass is 16.4. The van der Waals surface area contributed by atoms with Gasteiger partial charge >= 0.3 is 5.97 Å². The number of nitriles is 1. The lowest BCUT2D eigenvalue weighted by atomic mass is 9.92. The summed E-state index contributed by atoms with van der Waals surface area (Å²) in [5.74, 6) is 0.100. The molecule has 3 aliphatic heterocycles. The van der Waals surface area contributed by atoms with Crippen LogP contribution in [-0.2, 0) is 14.4 Å². The van der Waals surface area contributed by atoms with E-state index in [0.29, 0.717) is 59.0 Å². The fourth-order valence-electron chi connectivity index (χ4n) is 11.1. The van der Waals surface area contributed by atoms with E-state index in [0.717, 1.165) is 79.4 Å². The summed E-state index contributed by atoms with van der Waals surface area (Å²) in [4.78, 5) is 48.5. The fourth-order valence-corrected chi connectivity index (χ4v) is 11.1. The van der Waals surface area contributed by atoms with Crippen molar-refractivity contribution in [3.8, 4) is 28.5 Å². The molecule has 9 nitrogen and oxygen atoms in total. The van der Waals surface area contributed by atoms with Crippen molar-refractivity contribution in [2.45, 2.75) is 117 Å². The minimum atomic E-state index is -1.33. The molecule has 0 bridgehead atoms. The summed E-state index contributed by atoms with van der Waals surface area (Å²) in [5.41, 5.74) is 11.6. The lowest BCUT2D eigenvalue weighted by Gasteiger charge is -2.27. The SMILES string of the molecule is CCCCC(CC)CN1C(=O)/C(=C2\C(=O)N(CC(CC)CCCC)c3cc(-c4ccc(/C=C(/C#N)C(=O)O)o4)ccc32)c2ccc(-c3ccc4c(c3)C3CCCC3N4c3ccc(C)cc3)cc21. The first-order chi connectivity index (χ1) is 32.6. The van der Waals surface area contributed by atoms with Gasteiger partial charge in [0.1, 0.15) is 23.2 Å². The maximum absolute atomic E-state index is 15.3. The molecule has 2 amide bonds. The number of carboxylic acids is 1. The van der Waals surface area contributed by atoms with Gasteiger partial charge in [-0.15, -0.1) is 0 Å². The van der Waals surface area contributed by atoms with Crippen molar-refractivity contribution in [3.63, 3.8) is 0 Å². The van der Waals surface area contributed by atoms with Gasteiger partial charge in [0.2, 0.25) is 0 Å². The van der Waals surface area contributed by atoms with Gasteiger partial charge in [0.15, 0.2) is 0 Å². The predicted molar refractivity (Wildman–Crippen MR) is 269 cm³/mol. The van der Waals surface area contributed by atoms with Gasteiger partial charge in [-0.2, -0.15) is 5.26 Å². The highest BCUT2D eigenvalue weighted by Crippen LogP contribution is 2.54. The number of aliphatic carboxylic acids is 1. The second-order valence-electron chi connectivity index (χ2n) is 19.1. The number of rotatable bonds is 17. The van der Waals surface area contributed by atoms with E-state index in [1.165, 1.54) is 47.8 Å². The molecule has 0 saturated heterocycles. The molecule has 67 heavy (non-hydrogen) atoms. The molecule has 1 N–H and O–H groups in total. The number of carbonyl (C=O) groups excluding carboxylic acids is 2. The summed E-state index contributed by atoms with van der Waals surface area (Å²) in [6, 6.07) is 33.5. The number of furan rings is 1. The summed E-state index contributed by atoms with van der Waals surface area (Å²) < 4.78 is 6.06. The minimum Gasteiger partial charge on any atom is -0.477 e. The van der Waals surface area contributed by atoms with Crippen LogP contribution in [0.1, 0.15) is 132 Å². The third kappa shape index (κ3) is 8.52. The number of hydrogen-bond donors (Lipinski definition) is 1. The Morgan fingerprint density at radius 3 is 1.91 bits per heavy atom. The van der Waals surface area contributed by atoms with Crippen LogP contribution in [0.15, 0.2) is 101 Å². The standard InChI is InChI=1S/C58H62N4O5/c1-6-10-13-37(8-3)34-60-51-31-40(39-21-27-50-48(30-39)45-15-12-16-49(45)62(50)43-22-17-36(5)18-23-43)19-25-46(51)54(56(60)63)55-47-26-20-41(53-28-24-44(67-53)29-42(33-59)58(65)66)32-52(47)61(57(55)64)35-38(9-4)14-11-7-2/h17-32,37-38,45,49H,6-16,34-35H2,1-5H3,(H,65,66)/b42-29-,55-54-. The molecular weight excluding hydrogens is 833 g/mol. The molecule has 344 valence electrons. The van der Waals surface area contributed by atoms with Gasteiger partial charge in [-0.25, -0.2) is 4.79 Å². The molecule has 1 aliphatic carbocycles. The molecule has 1 fully saturated rings. The Balaban J connectivity index is 1.15. The summed E-state index contributed by atoms with van der Waals surface area (Å²) in [6.07, 6.45) is 12.9. The van der Waals surface area contributed by atoms with E-state index in [4.69, 9.17) is 4.42 Å². The predicted octanol–water partition coefficient (Wildman–Crippen LogP) is 13.7. The molecule has 4 aromatic carbocycles. The van der Waals surface area contributed by atoms with E-state index in [-0.39, 0.29) is 23.5 Å².